The Hall–Kier alpha value is -5.31. The molecular formula is C27H21F2N7O3. The van der Waals surface area contributed by atoms with Crippen LogP contribution in [-0.4, -0.2) is 45.3 Å². The first-order valence-corrected chi connectivity index (χ1v) is 11.8. The molecule has 2 amide bonds. The number of phenolic OH excluding ortho intramolecular Hbond substituents is 1. The maximum atomic E-state index is 15.2. The summed E-state index contributed by atoms with van der Waals surface area (Å²) in [5, 5.41) is 28.3. The van der Waals surface area contributed by atoms with E-state index in [4.69, 9.17) is 5.26 Å². The van der Waals surface area contributed by atoms with Crippen molar-refractivity contribution in [3.05, 3.63) is 94.9 Å². The quantitative estimate of drug-likeness (QED) is 0.344. The lowest BCUT2D eigenvalue weighted by molar-refractivity contribution is 0.0428. The van der Waals surface area contributed by atoms with Crippen molar-refractivity contribution in [3.63, 3.8) is 0 Å². The molecule has 3 N–H and O–H groups in total. The molecule has 196 valence electrons. The lowest BCUT2D eigenvalue weighted by Gasteiger charge is -2.28. The highest BCUT2D eigenvalue weighted by Crippen LogP contribution is 2.37. The molecule has 0 saturated carbocycles. The third kappa shape index (κ3) is 4.61. The summed E-state index contributed by atoms with van der Waals surface area (Å²) in [4.78, 5) is 31.6. The third-order valence-corrected chi connectivity index (χ3v) is 6.37. The van der Waals surface area contributed by atoms with Gasteiger partial charge in [0.05, 0.1) is 24.0 Å². The number of anilines is 3. The average Bonchev–Trinajstić information content (AvgIpc) is 3.37. The second-order valence-electron chi connectivity index (χ2n) is 8.69. The Balaban J connectivity index is 1.37. The third-order valence-electron chi connectivity index (χ3n) is 6.37. The zero-order chi connectivity index (χ0) is 27.7. The summed E-state index contributed by atoms with van der Waals surface area (Å²) >= 11 is 0. The molecular weight excluding hydrogens is 508 g/mol. The monoisotopic (exact) mass is 529 g/mol. The van der Waals surface area contributed by atoms with Crippen molar-refractivity contribution in [2.24, 2.45) is 0 Å². The van der Waals surface area contributed by atoms with Crippen LogP contribution in [0.5, 0.6) is 5.75 Å². The molecule has 1 aliphatic rings. The van der Waals surface area contributed by atoms with E-state index >= 15 is 8.78 Å². The number of aromatic nitrogens is 3. The van der Waals surface area contributed by atoms with Crippen molar-refractivity contribution in [1.29, 1.82) is 5.26 Å². The van der Waals surface area contributed by atoms with Gasteiger partial charge in [0, 0.05) is 42.2 Å². The van der Waals surface area contributed by atoms with Gasteiger partial charge in [0.25, 0.3) is 17.7 Å². The summed E-state index contributed by atoms with van der Waals surface area (Å²) in [7, 11) is 1.59. The van der Waals surface area contributed by atoms with Crippen LogP contribution in [0.1, 0.15) is 37.5 Å². The Kier molecular flexibility index (Phi) is 6.41. The van der Waals surface area contributed by atoms with E-state index in [0.29, 0.717) is 18.1 Å². The summed E-state index contributed by atoms with van der Waals surface area (Å²) in [6.07, 6.45) is 2.65. The molecule has 39 heavy (non-hydrogen) atoms. The lowest BCUT2D eigenvalue weighted by Crippen LogP contribution is -2.41. The molecule has 0 aliphatic carbocycles. The molecule has 0 radical (unpaired) electrons. The van der Waals surface area contributed by atoms with E-state index in [2.05, 4.69) is 20.7 Å². The maximum Gasteiger partial charge on any atom is 0.298 e. The van der Waals surface area contributed by atoms with Crippen LogP contribution in [0.25, 0.3) is 0 Å². The Bertz CT molecular complexity index is 1630. The summed E-state index contributed by atoms with van der Waals surface area (Å²) in [6.45, 7) is 0.562. The van der Waals surface area contributed by atoms with Crippen LogP contribution in [0.3, 0.4) is 0 Å². The number of amides is 2. The van der Waals surface area contributed by atoms with Crippen LogP contribution in [0, 0.1) is 11.3 Å². The van der Waals surface area contributed by atoms with Crippen molar-refractivity contribution in [1.82, 2.24) is 14.8 Å². The van der Waals surface area contributed by atoms with Crippen LogP contribution < -0.4 is 15.5 Å². The van der Waals surface area contributed by atoms with Gasteiger partial charge in [-0.15, -0.1) is 0 Å². The van der Waals surface area contributed by atoms with Crippen molar-refractivity contribution < 1.29 is 23.5 Å². The second kappa shape index (κ2) is 9.86. The number of benzene rings is 2. The smallest absolute Gasteiger partial charge is 0.298 e. The van der Waals surface area contributed by atoms with Crippen LogP contribution in [0.15, 0.2) is 67.0 Å². The molecule has 0 atom stereocenters. The predicted octanol–water partition coefficient (Wildman–Crippen LogP) is 3.95. The number of halogens is 2. The largest absolute Gasteiger partial charge is 0.507 e. The number of nitrogens with zero attached hydrogens (tertiary/aromatic N) is 5. The fraction of sp³-hybridized carbons (Fsp3) is 0.148. The Morgan fingerprint density at radius 2 is 1.87 bits per heavy atom. The van der Waals surface area contributed by atoms with Gasteiger partial charge in [-0.3, -0.25) is 14.3 Å². The molecule has 0 fully saturated rings. The van der Waals surface area contributed by atoms with Crippen LogP contribution in [0.4, 0.5) is 26.0 Å². The normalized spacial score (nSPS) is 13.0. The molecule has 0 bridgehead atoms. The topological polar surface area (TPSA) is 136 Å². The number of nitriles is 1. The van der Waals surface area contributed by atoms with E-state index < -0.39 is 17.7 Å². The number of hydrogen-bond acceptors (Lipinski definition) is 7. The van der Waals surface area contributed by atoms with Crippen molar-refractivity contribution >= 4 is 29.0 Å². The number of aromatic hydroxyl groups is 1. The van der Waals surface area contributed by atoms with Crippen molar-refractivity contribution in [2.45, 2.75) is 12.5 Å². The Morgan fingerprint density at radius 3 is 2.59 bits per heavy atom. The summed E-state index contributed by atoms with van der Waals surface area (Å²) in [6, 6.07) is 13.6. The zero-order valence-corrected chi connectivity index (χ0v) is 20.5. The maximum absolute atomic E-state index is 15.2. The van der Waals surface area contributed by atoms with Gasteiger partial charge in [0.15, 0.2) is 0 Å². The number of nitrogens with one attached hydrogen (secondary N) is 2. The number of fused-ring (bicyclic) bond motifs is 1. The molecule has 3 heterocycles. The number of hydrogen-bond donors (Lipinski definition) is 3. The molecule has 0 saturated heterocycles. The van der Waals surface area contributed by atoms with E-state index in [1.54, 1.807) is 13.1 Å². The minimum Gasteiger partial charge on any atom is -0.507 e. The Labute approximate surface area is 221 Å². The molecule has 2 aromatic carbocycles. The standard InChI is InChI=1S/C27H21F2N7O3/c1-31-23-13-19(8-9-32-23)27(28,29)18-3-5-20(6-4-18)35-10-11-36-24(26(35)39)21(15-33-36)34-25(38)16-2-7-22(37)17(12-16)14-30/h2-9,12-13,15,37H,10-11H2,1H3,(H,31,32)(H,34,38). The van der Waals surface area contributed by atoms with E-state index in [9.17, 15) is 14.7 Å². The predicted molar refractivity (Wildman–Crippen MR) is 138 cm³/mol. The van der Waals surface area contributed by atoms with Crippen LogP contribution in [0.2, 0.25) is 0 Å². The molecule has 0 spiro atoms. The van der Waals surface area contributed by atoms with E-state index in [-0.39, 0.29) is 45.9 Å². The van der Waals surface area contributed by atoms with Gasteiger partial charge in [0.2, 0.25) is 0 Å². The van der Waals surface area contributed by atoms with Crippen LogP contribution in [-0.2, 0) is 12.5 Å². The minimum atomic E-state index is -3.28. The molecule has 1 aliphatic heterocycles. The zero-order valence-electron chi connectivity index (χ0n) is 20.5. The highest BCUT2D eigenvalue weighted by Gasteiger charge is 2.35. The SMILES string of the molecule is CNc1cc(C(F)(F)c2ccc(N3CCn4ncc(NC(=O)c5ccc(O)c(C#N)c5)c4C3=O)cc2)ccn1. The number of carbonyl (C=O) groups excluding carboxylic acids is 2. The fourth-order valence-corrected chi connectivity index (χ4v) is 4.28. The summed E-state index contributed by atoms with van der Waals surface area (Å²) in [5.41, 5.74) is 0.268. The van der Waals surface area contributed by atoms with E-state index in [1.165, 1.54) is 76.6 Å². The molecule has 12 heteroatoms. The van der Waals surface area contributed by atoms with Gasteiger partial charge in [-0.1, -0.05) is 12.1 Å². The average molecular weight is 530 g/mol. The number of carbonyl (C=O) groups is 2. The van der Waals surface area contributed by atoms with Gasteiger partial charge in [0.1, 0.15) is 23.3 Å². The first-order valence-electron chi connectivity index (χ1n) is 11.8. The first kappa shape index (κ1) is 25.3. The van der Waals surface area contributed by atoms with Crippen molar-refractivity contribution in [3.8, 4) is 11.8 Å². The molecule has 2 aromatic heterocycles. The molecule has 4 aromatic rings. The number of pyridine rings is 1. The van der Waals surface area contributed by atoms with Gasteiger partial charge < -0.3 is 20.6 Å². The molecule has 10 nitrogen and oxygen atoms in total. The Morgan fingerprint density at radius 1 is 1.10 bits per heavy atom. The number of phenols is 1. The van der Waals surface area contributed by atoms with E-state index in [0.717, 1.165) is 0 Å². The number of alkyl halides is 2. The van der Waals surface area contributed by atoms with Gasteiger partial charge in [-0.2, -0.15) is 19.1 Å². The van der Waals surface area contributed by atoms with Crippen molar-refractivity contribution in [2.75, 3.05) is 29.1 Å². The molecule has 5 rings (SSSR count). The lowest BCUT2D eigenvalue weighted by atomic mass is 10.0. The van der Waals surface area contributed by atoms with Gasteiger partial charge in [-0.25, -0.2) is 4.98 Å². The van der Waals surface area contributed by atoms with Crippen LogP contribution >= 0.6 is 0 Å². The van der Waals surface area contributed by atoms with Gasteiger partial charge in [-0.05, 0) is 42.5 Å². The second-order valence-corrected chi connectivity index (χ2v) is 8.69. The fourth-order valence-electron chi connectivity index (χ4n) is 4.28. The highest BCUT2D eigenvalue weighted by molar-refractivity contribution is 6.13. The first-order chi connectivity index (χ1) is 18.7. The highest BCUT2D eigenvalue weighted by atomic mass is 19.3. The minimum absolute atomic E-state index is 0.0673. The number of rotatable bonds is 6. The molecule has 0 unspecified atom stereocenters. The van der Waals surface area contributed by atoms with Gasteiger partial charge >= 0.3 is 0 Å². The van der Waals surface area contributed by atoms with E-state index in [1.807, 2.05) is 0 Å². The summed E-state index contributed by atoms with van der Waals surface area (Å²) < 4.78 is 31.8. The summed E-state index contributed by atoms with van der Waals surface area (Å²) in [5.74, 6) is -4.29.